The first kappa shape index (κ1) is 10.6. The van der Waals surface area contributed by atoms with Gasteiger partial charge >= 0.3 is 0 Å². The molecule has 0 aromatic rings. The Balaban J connectivity index is 4.52. The van der Waals surface area contributed by atoms with Gasteiger partial charge in [-0.05, 0) is 13.8 Å². The molecule has 0 atom stereocenters. The Kier molecular flexibility index (Phi) is 3.23. The molecule has 0 aliphatic rings. The van der Waals surface area contributed by atoms with Crippen molar-refractivity contribution in [3.05, 3.63) is 0 Å². The number of rotatable bonds is 3. The number of nitrogens with zero attached hydrogens (tertiary/aromatic N) is 1. The van der Waals surface area contributed by atoms with Gasteiger partial charge in [-0.25, -0.2) is 13.2 Å². The Morgan fingerprint density at radius 1 is 1.55 bits per heavy atom. The molecule has 64 valence electrons. The average Bonchev–Trinajstić information content (AvgIpc) is 1.55. The van der Waals surface area contributed by atoms with Crippen LogP contribution < -0.4 is 0 Å². The fourth-order valence-corrected chi connectivity index (χ4v) is 1.98. The summed E-state index contributed by atoms with van der Waals surface area (Å²) in [4.78, 5) is 8.69. The molecule has 0 N–H and O–H groups in total. The number of halogens is 1. The Morgan fingerprint density at radius 3 is 2.27 bits per heavy atom. The van der Waals surface area contributed by atoms with Gasteiger partial charge in [0.1, 0.15) is 0 Å². The zero-order valence-corrected chi connectivity index (χ0v) is 7.74. The van der Waals surface area contributed by atoms with Crippen molar-refractivity contribution in [3.8, 4) is 0 Å². The summed E-state index contributed by atoms with van der Waals surface area (Å²) in [5.41, 5.74) is 0. The molecular formula is C5H8ClNO3S. The fourth-order valence-electron chi connectivity index (χ4n) is 0.523. The van der Waals surface area contributed by atoms with E-state index in [4.69, 9.17) is 11.6 Å². The molecule has 0 saturated carbocycles. The van der Waals surface area contributed by atoms with Gasteiger partial charge in [-0.2, -0.15) is 0 Å². The molecule has 0 aromatic carbocycles. The SMILES string of the molecule is CC(C)(Cl)CS(=O)(=O)N=C=O. The lowest BCUT2D eigenvalue weighted by Crippen LogP contribution is -2.22. The molecule has 0 aliphatic heterocycles. The largest absolute Gasteiger partial charge is 0.265 e. The van der Waals surface area contributed by atoms with E-state index in [1.807, 2.05) is 0 Å². The molecule has 0 heterocycles. The quantitative estimate of drug-likeness (QED) is 0.380. The highest BCUT2D eigenvalue weighted by atomic mass is 35.5. The summed E-state index contributed by atoms with van der Waals surface area (Å²) >= 11 is 5.58. The second kappa shape index (κ2) is 3.34. The maximum absolute atomic E-state index is 10.7. The normalized spacial score (nSPS) is 12.3. The lowest BCUT2D eigenvalue weighted by molar-refractivity contribution is 0.562. The zero-order valence-electron chi connectivity index (χ0n) is 6.17. The summed E-state index contributed by atoms with van der Waals surface area (Å²) in [6, 6.07) is 0. The van der Waals surface area contributed by atoms with Crippen molar-refractivity contribution < 1.29 is 13.2 Å². The second-order valence-electron chi connectivity index (χ2n) is 2.63. The highest BCUT2D eigenvalue weighted by Gasteiger charge is 2.22. The summed E-state index contributed by atoms with van der Waals surface area (Å²) in [6.45, 7) is 3.04. The minimum absolute atomic E-state index is 0.364. The van der Waals surface area contributed by atoms with Crippen molar-refractivity contribution in [1.29, 1.82) is 0 Å². The Morgan fingerprint density at radius 2 is 2.00 bits per heavy atom. The number of hydrogen-bond donors (Lipinski definition) is 0. The molecule has 0 fully saturated rings. The summed E-state index contributed by atoms with van der Waals surface area (Å²) in [5, 5.41) is 0. The molecular weight excluding hydrogens is 190 g/mol. The first-order valence-electron chi connectivity index (χ1n) is 2.77. The van der Waals surface area contributed by atoms with Gasteiger partial charge < -0.3 is 0 Å². The van der Waals surface area contributed by atoms with E-state index in [9.17, 15) is 13.2 Å². The summed E-state index contributed by atoms with van der Waals surface area (Å²) in [5.74, 6) is -0.364. The van der Waals surface area contributed by atoms with Crippen LogP contribution in [-0.4, -0.2) is 25.1 Å². The molecule has 0 aliphatic carbocycles. The second-order valence-corrected chi connectivity index (χ2v) is 5.29. The lowest BCUT2D eigenvalue weighted by Gasteiger charge is -2.11. The third kappa shape index (κ3) is 6.04. The Labute approximate surface area is 70.3 Å². The van der Waals surface area contributed by atoms with Crippen LogP contribution in [0.4, 0.5) is 0 Å². The number of isocyanates is 1. The van der Waals surface area contributed by atoms with E-state index in [-0.39, 0.29) is 5.75 Å². The van der Waals surface area contributed by atoms with Crippen molar-refractivity contribution in [3.63, 3.8) is 0 Å². The summed E-state index contributed by atoms with van der Waals surface area (Å²) < 4.78 is 24.1. The molecule has 0 spiro atoms. The van der Waals surface area contributed by atoms with E-state index in [0.29, 0.717) is 0 Å². The third-order valence-electron chi connectivity index (χ3n) is 0.702. The Bertz CT molecular complexity index is 271. The molecule has 0 bridgehead atoms. The van der Waals surface area contributed by atoms with Crippen LogP contribution in [0.5, 0.6) is 0 Å². The minimum Gasteiger partial charge on any atom is -0.210 e. The molecule has 6 heteroatoms. The summed E-state index contributed by atoms with van der Waals surface area (Å²) in [7, 11) is -3.72. The van der Waals surface area contributed by atoms with E-state index in [1.165, 1.54) is 13.8 Å². The van der Waals surface area contributed by atoms with E-state index in [1.54, 1.807) is 0 Å². The maximum Gasteiger partial charge on any atom is 0.265 e. The average molecular weight is 198 g/mol. The van der Waals surface area contributed by atoms with Crippen molar-refractivity contribution in [2.45, 2.75) is 18.7 Å². The highest BCUT2D eigenvalue weighted by molar-refractivity contribution is 7.90. The van der Waals surface area contributed by atoms with Gasteiger partial charge in [-0.1, -0.05) is 4.40 Å². The van der Waals surface area contributed by atoms with Crippen LogP contribution in [0.15, 0.2) is 4.40 Å². The molecule has 4 nitrogen and oxygen atoms in total. The van der Waals surface area contributed by atoms with Crippen molar-refractivity contribution in [2.24, 2.45) is 4.40 Å². The van der Waals surface area contributed by atoms with E-state index >= 15 is 0 Å². The van der Waals surface area contributed by atoms with E-state index < -0.39 is 14.9 Å². The maximum atomic E-state index is 10.7. The topological polar surface area (TPSA) is 63.6 Å². The van der Waals surface area contributed by atoms with Crippen LogP contribution in [0.3, 0.4) is 0 Å². The van der Waals surface area contributed by atoms with Crippen LogP contribution in [0, 0.1) is 0 Å². The molecule has 0 rings (SSSR count). The fraction of sp³-hybridized carbons (Fsp3) is 0.800. The van der Waals surface area contributed by atoms with Gasteiger partial charge in [0.2, 0.25) is 0 Å². The first-order valence-corrected chi connectivity index (χ1v) is 4.76. The molecule has 11 heavy (non-hydrogen) atoms. The van der Waals surface area contributed by atoms with E-state index in [0.717, 1.165) is 6.08 Å². The molecule has 0 aromatic heterocycles. The third-order valence-corrected chi connectivity index (χ3v) is 2.43. The number of hydrogen-bond acceptors (Lipinski definition) is 3. The van der Waals surface area contributed by atoms with Gasteiger partial charge in [0, 0.05) is 0 Å². The van der Waals surface area contributed by atoms with Crippen molar-refractivity contribution in [1.82, 2.24) is 0 Å². The summed E-state index contributed by atoms with van der Waals surface area (Å²) in [6.07, 6.45) is 0.959. The number of alkyl halides is 1. The predicted octanol–water partition coefficient (Wildman–Crippen LogP) is 0.669. The monoisotopic (exact) mass is 197 g/mol. The molecule has 0 radical (unpaired) electrons. The van der Waals surface area contributed by atoms with Gasteiger partial charge in [0.25, 0.3) is 16.1 Å². The lowest BCUT2D eigenvalue weighted by atomic mass is 10.3. The van der Waals surface area contributed by atoms with Gasteiger partial charge in [0.05, 0.1) is 10.6 Å². The van der Waals surface area contributed by atoms with Gasteiger partial charge in [-0.15, -0.1) is 11.6 Å². The number of carbonyl (C=O) groups excluding carboxylic acids is 1. The molecule has 0 amide bonds. The Hall–Kier alpha value is -0.380. The molecule has 0 saturated heterocycles. The minimum atomic E-state index is -3.72. The molecule has 0 unspecified atom stereocenters. The van der Waals surface area contributed by atoms with Crippen LogP contribution in [0.2, 0.25) is 0 Å². The smallest absolute Gasteiger partial charge is 0.210 e. The van der Waals surface area contributed by atoms with E-state index in [2.05, 4.69) is 4.40 Å². The van der Waals surface area contributed by atoms with Crippen LogP contribution in [0.25, 0.3) is 0 Å². The van der Waals surface area contributed by atoms with Crippen LogP contribution in [0.1, 0.15) is 13.8 Å². The van der Waals surface area contributed by atoms with Gasteiger partial charge in [0.15, 0.2) is 0 Å². The first-order chi connectivity index (χ1) is 4.77. The predicted molar refractivity (Wildman–Crippen MR) is 41.8 cm³/mol. The standard InChI is InChI=1S/C5H8ClNO3S/c1-5(2,6)3-11(9,10)7-4-8/h3H2,1-2H3. The van der Waals surface area contributed by atoms with Crippen LogP contribution >= 0.6 is 11.6 Å². The highest BCUT2D eigenvalue weighted by Crippen LogP contribution is 2.15. The van der Waals surface area contributed by atoms with Crippen molar-refractivity contribution >= 4 is 27.7 Å². The zero-order chi connectivity index (χ0) is 9.12. The van der Waals surface area contributed by atoms with Crippen molar-refractivity contribution in [2.75, 3.05) is 5.75 Å². The van der Waals surface area contributed by atoms with Crippen LogP contribution in [-0.2, 0) is 14.8 Å². The van der Waals surface area contributed by atoms with Gasteiger partial charge in [-0.3, -0.25) is 0 Å². The number of sulfonamides is 1.